The van der Waals surface area contributed by atoms with E-state index in [1.54, 1.807) is 6.20 Å². The number of ether oxygens (including phenoxy) is 1. The highest BCUT2D eigenvalue weighted by atomic mass is 16.5. The molecule has 2 aromatic carbocycles. The van der Waals surface area contributed by atoms with Crippen molar-refractivity contribution in [1.29, 1.82) is 0 Å². The molecule has 1 saturated heterocycles. The monoisotopic (exact) mass is 572 g/mol. The molecule has 1 N–H and O–H groups in total. The second-order valence-electron chi connectivity index (χ2n) is 12.8. The topological polar surface area (TPSA) is 84.4 Å². The summed E-state index contributed by atoms with van der Waals surface area (Å²) < 4.78 is 5.60. The molecule has 3 atom stereocenters. The lowest BCUT2D eigenvalue weighted by Crippen LogP contribution is -2.45. The van der Waals surface area contributed by atoms with Crippen molar-refractivity contribution in [2.45, 2.75) is 68.9 Å². The Bertz CT molecular complexity index is 1720. The summed E-state index contributed by atoms with van der Waals surface area (Å²) in [5.74, 6) is 1.31. The van der Waals surface area contributed by atoms with Gasteiger partial charge in [0.25, 0.3) is 0 Å². The highest BCUT2D eigenvalue weighted by molar-refractivity contribution is 6.06. The number of carbonyl (C=O) groups is 2. The lowest BCUT2D eigenvalue weighted by molar-refractivity contribution is -0.142. The first kappa shape index (κ1) is 26.5. The molecule has 1 spiro atoms. The Hall–Kier alpha value is -4.10. The minimum atomic E-state index is -0.603. The van der Waals surface area contributed by atoms with Crippen LogP contribution in [-0.4, -0.2) is 45.9 Å². The van der Waals surface area contributed by atoms with E-state index in [2.05, 4.69) is 63.7 Å². The first-order valence-electron chi connectivity index (χ1n) is 15.7. The van der Waals surface area contributed by atoms with Crippen LogP contribution in [0.2, 0.25) is 0 Å². The first-order valence-corrected chi connectivity index (χ1v) is 15.7. The van der Waals surface area contributed by atoms with Gasteiger partial charge in [0.1, 0.15) is 5.82 Å². The molecule has 2 amide bonds. The van der Waals surface area contributed by atoms with E-state index in [1.165, 1.54) is 16.7 Å². The van der Waals surface area contributed by atoms with Gasteiger partial charge in [0.05, 0.1) is 10.9 Å². The Labute approximate surface area is 251 Å². The number of rotatable bonds is 5. The van der Waals surface area contributed by atoms with Gasteiger partial charge in [-0.15, -0.1) is 0 Å². The Balaban J connectivity index is 1.11. The molecule has 4 heterocycles. The minimum absolute atomic E-state index is 0.00794. The van der Waals surface area contributed by atoms with E-state index >= 15 is 0 Å². The van der Waals surface area contributed by atoms with Crippen LogP contribution in [0.25, 0.3) is 10.9 Å². The van der Waals surface area contributed by atoms with E-state index in [9.17, 15) is 9.59 Å². The van der Waals surface area contributed by atoms with Crippen molar-refractivity contribution in [1.82, 2.24) is 14.9 Å². The van der Waals surface area contributed by atoms with Crippen LogP contribution in [0, 0.1) is 5.92 Å². The molecule has 2 unspecified atom stereocenters. The first-order chi connectivity index (χ1) is 21.1. The van der Waals surface area contributed by atoms with Crippen LogP contribution in [-0.2, 0) is 39.1 Å². The molecule has 2 aliphatic carbocycles. The molecule has 0 radical (unpaired) electrons. The van der Waals surface area contributed by atoms with Gasteiger partial charge in [-0.05, 0) is 85.0 Å². The molecule has 7 heteroatoms. The molecule has 2 fully saturated rings. The maximum atomic E-state index is 14.2. The average molecular weight is 573 g/mol. The summed E-state index contributed by atoms with van der Waals surface area (Å²) in [5, 5.41) is 4.06. The maximum absolute atomic E-state index is 14.2. The number of hydrogen-bond donors (Lipinski definition) is 1. The summed E-state index contributed by atoms with van der Waals surface area (Å²) in [6, 6.07) is 21.4. The van der Waals surface area contributed by atoms with Gasteiger partial charge in [-0.2, -0.15) is 0 Å². The maximum Gasteiger partial charge on any atom is 0.237 e. The van der Waals surface area contributed by atoms with Crippen molar-refractivity contribution in [3.05, 3.63) is 101 Å². The molecular formula is C36H36N4O3. The Kier molecular flexibility index (Phi) is 6.51. The summed E-state index contributed by atoms with van der Waals surface area (Å²) in [4.78, 5) is 38.9. The summed E-state index contributed by atoms with van der Waals surface area (Å²) in [6.45, 7) is 1.86. The third-order valence-electron chi connectivity index (χ3n) is 10.3. The third kappa shape index (κ3) is 4.52. The molecule has 2 aromatic heterocycles. The fraction of sp³-hybridized carbons (Fsp3) is 0.389. The molecule has 4 aromatic rings. The van der Waals surface area contributed by atoms with Crippen molar-refractivity contribution >= 4 is 28.5 Å². The summed E-state index contributed by atoms with van der Waals surface area (Å²) in [6.07, 6.45) is 9.79. The van der Waals surface area contributed by atoms with E-state index in [4.69, 9.17) is 9.72 Å². The van der Waals surface area contributed by atoms with Crippen molar-refractivity contribution in [3.8, 4) is 0 Å². The molecule has 43 heavy (non-hydrogen) atoms. The zero-order valence-electron chi connectivity index (χ0n) is 24.3. The lowest BCUT2D eigenvalue weighted by atomic mass is 9.79. The number of hydrogen-bond acceptors (Lipinski definition) is 5. The van der Waals surface area contributed by atoms with Crippen molar-refractivity contribution in [3.63, 3.8) is 0 Å². The van der Waals surface area contributed by atoms with Crippen LogP contribution in [0.1, 0.15) is 65.8 Å². The minimum Gasteiger partial charge on any atom is -0.381 e. The molecule has 4 aliphatic rings. The molecule has 218 valence electrons. The second-order valence-corrected chi connectivity index (χ2v) is 12.8. The van der Waals surface area contributed by atoms with Crippen LogP contribution in [0.4, 0.5) is 5.82 Å². The van der Waals surface area contributed by atoms with Crippen LogP contribution in [0.3, 0.4) is 0 Å². The standard InChI is InChI=1S/C36H36N4O3/c41-34(25-11-14-43-15-12-25)40(32-10-4-8-29(32)24-6-2-1-3-7-24)22-23-16-26-17-27-19-36(20-28(27)18-31(26)38-21-23)30-9-5-13-37-33(30)39-35(36)42/h1-3,5-7,9,13,16-18,21,25,29,32H,4,8,10-12,14-15,19-20,22H2,(H,37,39,42)/t29?,32?,36-/m0/s1. The van der Waals surface area contributed by atoms with E-state index in [0.29, 0.717) is 44.3 Å². The predicted octanol–water partition coefficient (Wildman–Crippen LogP) is 5.71. The number of nitrogens with zero attached hydrogens (tertiary/aromatic N) is 3. The largest absolute Gasteiger partial charge is 0.381 e. The highest BCUT2D eigenvalue weighted by Crippen LogP contribution is 2.47. The number of fused-ring (bicyclic) bond motifs is 4. The number of amides is 2. The summed E-state index contributed by atoms with van der Waals surface area (Å²) in [5.41, 5.74) is 6.04. The Morgan fingerprint density at radius 1 is 0.953 bits per heavy atom. The van der Waals surface area contributed by atoms with Gasteiger partial charge in [-0.1, -0.05) is 42.8 Å². The van der Waals surface area contributed by atoms with Gasteiger partial charge in [-0.25, -0.2) is 4.98 Å². The van der Waals surface area contributed by atoms with E-state index < -0.39 is 5.41 Å². The summed E-state index contributed by atoms with van der Waals surface area (Å²) >= 11 is 0. The SMILES string of the molecule is O=C(C1CCOCC1)N(Cc1cnc2cc3c(cc2c1)C[C@@]1(C3)C(=O)Nc2ncccc21)C1CCCC1c1ccccc1. The molecule has 2 aliphatic heterocycles. The van der Waals surface area contributed by atoms with Crippen molar-refractivity contribution < 1.29 is 14.3 Å². The number of aromatic nitrogens is 2. The molecule has 0 bridgehead atoms. The highest BCUT2D eigenvalue weighted by Gasteiger charge is 2.51. The fourth-order valence-electron chi connectivity index (χ4n) is 8.17. The number of carbonyl (C=O) groups excluding carboxylic acids is 2. The van der Waals surface area contributed by atoms with Crippen LogP contribution < -0.4 is 5.32 Å². The summed E-state index contributed by atoms with van der Waals surface area (Å²) in [7, 11) is 0. The van der Waals surface area contributed by atoms with Gasteiger partial charge in [0, 0.05) is 61.0 Å². The van der Waals surface area contributed by atoms with Crippen LogP contribution >= 0.6 is 0 Å². The quantitative estimate of drug-likeness (QED) is 0.331. The fourth-order valence-corrected chi connectivity index (χ4v) is 8.17. The number of benzene rings is 2. The van der Waals surface area contributed by atoms with Gasteiger partial charge in [0.15, 0.2) is 0 Å². The van der Waals surface area contributed by atoms with Gasteiger partial charge in [-0.3, -0.25) is 14.6 Å². The van der Waals surface area contributed by atoms with E-state index in [-0.39, 0.29) is 23.8 Å². The third-order valence-corrected chi connectivity index (χ3v) is 10.3. The van der Waals surface area contributed by atoms with Crippen molar-refractivity contribution in [2.24, 2.45) is 5.92 Å². The number of nitrogens with one attached hydrogen (secondary N) is 1. The predicted molar refractivity (Wildman–Crippen MR) is 165 cm³/mol. The number of anilines is 1. The van der Waals surface area contributed by atoms with E-state index in [0.717, 1.165) is 54.1 Å². The van der Waals surface area contributed by atoms with Crippen molar-refractivity contribution in [2.75, 3.05) is 18.5 Å². The lowest BCUT2D eigenvalue weighted by Gasteiger charge is -2.37. The van der Waals surface area contributed by atoms with E-state index in [1.807, 2.05) is 18.3 Å². The zero-order chi connectivity index (χ0) is 29.0. The van der Waals surface area contributed by atoms with Gasteiger partial charge in [0.2, 0.25) is 11.8 Å². The van der Waals surface area contributed by atoms with Crippen LogP contribution in [0.15, 0.2) is 73.1 Å². The smallest absolute Gasteiger partial charge is 0.237 e. The Morgan fingerprint density at radius 3 is 2.60 bits per heavy atom. The normalized spacial score (nSPS) is 24.7. The zero-order valence-corrected chi connectivity index (χ0v) is 24.3. The second kappa shape index (κ2) is 10.6. The molecule has 7 nitrogen and oxygen atoms in total. The van der Waals surface area contributed by atoms with Gasteiger partial charge < -0.3 is 15.0 Å². The molecular weight excluding hydrogens is 536 g/mol. The number of pyridine rings is 2. The molecule has 1 saturated carbocycles. The molecule has 8 rings (SSSR count). The van der Waals surface area contributed by atoms with Crippen LogP contribution in [0.5, 0.6) is 0 Å². The average Bonchev–Trinajstić information content (AvgIpc) is 3.75. The van der Waals surface area contributed by atoms with Gasteiger partial charge >= 0.3 is 0 Å². The Morgan fingerprint density at radius 2 is 1.77 bits per heavy atom.